The number of carbonyl (C=O) groups excluding carboxylic acids is 1. The molecule has 0 aromatic carbocycles. The molecule has 0 atom stereocenters. The summed E-state index contributed by atoms with van der Waals surface area (Å²) in [6, 6.07) is 5.94. The van der Waals surface area contributed by atoms with Gasteiger partial charge in [-0.3, -0.25) is 4.79 Å². The van der Waals surface area contributed by atoms with E-state index in [9.17, 15) is 4.79 Å². The van der Waals surface area contributed by atoms with Crippen molar-refractivity contribution in [1.82, 2.24) is 5.32 Å². The van der Waals surface area contributed by atoms with Gasteiger partial charge in [0.25, 0.3) is 5.91 Å². The Balaban J connectivity index is 1.98. The summed E-state index contributed by atoms with van der Waals surface area (Å²) in [4.78, 5) is 14.8. The largest absolute Gasteiger partial charge is 0.350 e. The Bertz CT molecular complexity index is 528. The van der Waals surface area contributed by atoms with Gasteiger partial charge in [-0.1, -0.05) is 19.9 Å². The molecule has 2 aromatic rings. The van der Waals surface area contributed by atoms with E-state index in [1.54, 1.807) is 17.4 Å². The average Bonchev–Trinajstić information content (AvgIpc) is 2.96. The van der Waals surface area contributed by atoms with Crippen molar-refractivity contribution in [1.29, 1.82) is 0 Å². The van der Waals surface area contributed by atoms with E-state index in [2.05, 4.69) is 43.2 Å². The lowest BCUT2D eigenvalue weighted by atomic mass is 9.91. The Labute approximate surface area is 120 Å². The number of hydrogen-bond donors (Lipinski definition) is 2. The molecule has 0 unspecified atom stereocenters. The van der Waals surface area contributed by atoms with Crippen molar-refractivity contribution in [3.8, 4) is 0 Å². The first kappa shape index (κ1) is 13.6. The first-order valence-corrected chi connectivity index (χ1v) is 7.79. The monoisotopic (exact) mass is 297 g/mol. The van der Waals surface area contributed by atoms with Crippen LogP contribution < -0.4 is 5.32 Å². The molecule has 0 bridgehead atoms. The highest BCUT2D eigenvalue weighted by molar-refractivity contribution is 7.80. The van der Waals surface area contributed by atoms with Gasteiger partial charge in [0, 0.05) is 27.1 Å². The second-order valence-corrected chi connectivity index (χ2v) is 7.09. The van der Waals surface area contributed by atoms with Crippen LogP contribution in [0, 0.1) is 0 Å². The molecule has 0 aliphatic carbocycles. The van der Waals surface area contributed by atoms with Crippen LogP contribution in [0.2, 0.25) is 0 Å². The highest BCUT2D eigenvalue weighted by Crippen LogP contribution is 2.27. The van der Waals surface area contributed by atoms with Crippen LogP contribution >= 0.6 is 35.3 Å². The summed E-state index contributed by atoms with van der Waals surface area (Å²) < 4.78 is 0. The van der Waals surface area contributed by atoms with E-state index in [1.165, 1.54) is 16.2 Å². The Kier molecular flexibility index (Phi) is 4.14. The van der Waals surface area contributed by atoms with Crippen molar-refractivity contribution in [3.63, 3.8) is 0 Å². The van der Waals surface area contributed by atoms with Crippen molar-refractivity contribution in [2.75, 3.05) is 6.54 Å². The van der Waals surface area contributed by atoms with Gasteiger partial charge in [-0.2, -0.15) is 0 Å². The second-order valence-electron chi connectivity index (χ2n) is 4.71. The summed E-state index contributed by atoms with van der Waals surface area (Å²) >= 11 is 7.35. The lowest BCUT2D eigenvalue weighted by Crippen LogP contribution is -2.35. The average molecular weight is 297 g/mol. The molecule has 0 radical (unpaired) electrons. The number of amides is 1. The topological polar surface area (TPSA) is 29.1 Å². The number of thiol groups is 1. The maximum absolute atomic E-state index is 11.9. The molecular formula is C13H15NOS3. The van der Waals surface area contributed by atoms with Crippen LogP contribution in [0.25, 0.3) is 0 Å². The van der Waals surface area contributed by atoms with Crippen molar-refractivity contribution in [3.05, 3.63) is 38.7 Å². The zero-order valence-corrected chi connectivity index (χ0v) is 12.8. The summed E-state index contributed by atoms with van der Waals surface area (Å²) in [6.45, 7) is 4.90. The third kappa shape index (κ3) is 3.16. The fourth-order valence-corrected chi connectivity index (χ4v) is 3.50. The highest BCUT2D eigenvalue weighted by Gasteiger charge is 2.22. The Morgan fingerprint density at radius 1 is 1.44 bits per heavy atom. The SMILES string of the molecule is CC(C)(CNC(=O)c1cc(S)cs1)c1cccs1. The summed E-state index contributed by atoms with van der Waals surface area (Å²) in [5.74, 6) is -0.0232. The molecule has 96 valence electrons. The zero-order chi connectivity index (χ0) is 13.2. The molecule has 2 heterocycles. The van der Waals surface area contributed by atoms with Crippen LogP contribution in [0.3, 0.4) is 0 Å². The molecule has 0 saturated heterocycles. The zero-order valence-electron chi connectivity index (χ0n) is 10.3. The lowest BCUT2D eigenvalue weighted by Gasteiger charge is -2.23. The van der Waals surface area contributed by atoms with Crippen LogP contribution in [0.4, 0.5) is 0 Å². The first-order chi connectivity index (χ1) is 8.49. The van der Waals surface area contributed by atoms with Crippen molar-refractivity contribution in [2.45, 2.75) is 24.2 Å². The quantitative estimate of drug-likeness (QED) is 0.826. The molecule has 1 N–H and O–H groups in total. The van der Waals surface area contributed by atoms with E-state index in [0.29, 0.717) is 11.4 Å². The number of rotatable bonds is 4. The van der Waals surface area contributed by atoms with E-state index in [1.807, 2.05) is 11.4 Å². The van der Waals surface area contributed by atoms with Gasteiger partial charge in [-0.25, -0.2) is 0 Å². The van der Waals surface area contributed by atoms with Crippen LogP contribution in [0.1, 0.15) is 28.4 Å². The van der Waals surface area contributed by atoms with Gasteiger partial charge in [-0.05, 0) is 17.5 Å². The summed E-state index contributed by atoms with van der Waals surface area (Å²) in [7, 11) is 0. The van der Waals surface area contributed by atoms with Crippen LogP contribution in [-0.4, -0.2) is 12.5 Å². The molecule has 0 aliphatic heterocycles. The molecule has 2 rings (SSSR count). The molecule has 0 spiro atoms. The molecule has 18 heavy (non-hydrogen) atoms. The minimum Gasteiger partial charge on any atom is -0.350 e. The lowest BCUT2D eigenvalue weighted by molar-refractivity contribution is 0.0950. The smallest absolute Gasteiger partial charge is 0.261 e. The maximum Gasteiger partial charge on any atom is 0.261 e. The van der Waals surface area contributed by atoms with Gasteiger partial charge >= 0.3 is 0 Å². The second kappa shape index (κ2) is 5.47. The van der Waals surface area contributed by atoms with Gasteiger partial charge in [0.1, 0.15) is 0 Å². The normalized spacial score (nSPS) is 11.5. The van der Waals surface area contributed by atoms with Crippen molar-refractivity contribution >= 4 is 41.2 Å². The summed E-state index contributed by atoms with van der Waals surface area (Å²) in [6.07, 6.45) is 0. The van der Waals surface area contributed by atoms with Crippen LogP contribution in [0.5, 0.6) is 0 Å². The third-order valence-electron chi connectivity index (χ3n) is 2.69. The summed E-state index contributed by atoms with van der Waals surface area (Å²) in [5, 5.41) is 6.91. The predicted molar refractivity (Wildman–Crippen MR) is 81.2 cm³/mol. The predicted octanol–water partition coefficient (Wildman–Crippen LogP) is 3.81. The summed E-state index contributed by atoms with van der Waals surface area (Å²) in [5.41, 5.74) is -0.0368. The minimum atomic E-state index is -0.0368. The number of thiophene rings is 2. The highest BCUT2D eigenvalue weighted by atomic mass is 32.1. The molecule has 2 aromatic heterocycles. The van der Waals surface area contributed by atoms with Gasteiger partial charge in [-0.15, -0.1) is 35.3 Å². The molecule has 1 amide bonds. The fourth-order valence-electron chi connectivity index (χ4n) is 1.58. The van der Waals surface area contributed by atoms with E-state index in [4.69, 9.17) is 0 Å². The Morgan fingerprint density at radius 3 is 2.78 bits per heavy atom. The Hall–Kier alpha value is -0.780. The number of hydrogen-bond acceptors (Lipinski definition) is 4. The van der Waals surface area contributed by atoms with E-state index < -0.39 is 0 Å². The molecule has 2 nitrogen and oxygen atoms in total. The molecule has 0 aliphatic rings. The third-order valence-corrected chi connectivity index (χ3v) is 5.29. The van der Waals surface area contributed by atoms with Gasteiger partial charge < -0.3 is 5.32 Å². The fraction of sp³-hybridized carbons (Fsp3) is 0.308. The van der Waals surface area contributed by atoms with Crippen LogP contribution in [-0.2, 0) is 5.41 Å². The minimum absolute atomic E-state index is 0.0232. The standard InChI is InChI=1S/C13H15NOS3/c1-13(2,11-4-3-5-17-11)8-14-12(15)10-6-9(16)7-18-10/h3-7,16H,8H2,1-2H3,(H,14,15). The maximum atomic E-state index is 11.9. The molecular weight excluding hydrogens is 282 g/mol. The van der Waals surface area contributed by atoms with E-state index >= 15 is 0 Å². The van der Waals surface area contributed by atoms with E-state index in [0.717, 1.165) is 4.90 Å². The number of nitrogens with one attached hydrogen (secondary N) is 1. The molecule has 0 fully saturated rings. The van der Waals surface area contributed by atoms with Crippen molar-refractivity contribution in [2.24, 2.45) is 0 Å². The van der Waals surface area contributed by atoms with Crippen LogP contribution in [0.15, 0.2) is 33.9 Å². The van der Waals surface area contributed by atoms with Gasteiger partial charge in [0.2, 0.25) is 0 Å². The van der Waals surface area contributed by atoms with E-state index in [-0.39, 0.29) is 11.3 Å². The van der Waals surface area contributed by atoms with Gasteiger partial charge in [0.05, 0.1) is 4.88 Å². The number of carbonyl (C=O) groups is 1. The molecule has 5 heteroatoms. The molecule has 0 saturated carbocycles. The Morgan fingerprint density at radius 2 is 2.22 bits per heavy atom. The first-order valence-electron chi connectivity index (χ1n) is 5.59. The van der Waals surface area contributed by atoms with Crippen molar-refractivity contribution < 1.29 is 4.79 Å². The van der Waals surface area contributed by atoms with Gasteiger partial charge in [0.15, 0.2) is 0 Å².